The summed E-state index contributed by atoms with van der Waals surface area (Å²) in [5, 5.41) is 2.97. The first-order valence-electron chi connectivity index (χ1n) is 8.03. The van der Waals surface area contributed by atoms with Crippen LogP contribution in [0.1, 0.15) is 22.5 Å². The van der Waals surface area contributed by atoms with Gasteiger partial charge in [-0.15, -0.1) is 0 Å². The van der Waals surface area contributed by atoms with Gasteiger partial charge in [0.05, 0.1) is 6.42 Å². The van der Waals surface area contributed by atoms with E-state index in [0.717, 1.165) is 22.6 Å². The molecule has 4 nitrogen and oxygen atoms in total. The molecule has 0 radical (unpaired) electrons. The minimum absolute atomic E-state index is 0.0355. The number of nitrogens with zero attached hydrogens (tertiary/aromatic N) is 2. The third kappa shape index (κ3) is 3.90. The maximum absolute atomic E-state index is 12.0. The molecule has 24 heavy (non-hydrogen) atoms. The molecule has 3 aromatic rings. The topological polar surface area (TPSA) is 46.9 Å². The number of carbonyl (C=O) groups excluding carboxylic acids is 1. The predicted octanol–water partition coefficient (Wildman–Crippen LogP) is 3.35. The zero-order chi connectivity index (χ0) is 16.9. The predicted molar refractivity (Wildman–Crippen MR) is 95.0 cm³/mol. The standard InChI is InChI=1S/C20H21N3O/c1-15-3-5-17(6-4-15)13-20(24)22-14-18-7-9-19(10-8-18)23-12-11-21-16(23)2/h3-12H,13-14H2,1-2H3,(H,22,24). The molecule has 1 heterocycles. The van der Waals surface area contributed by atoms with Gasteiger partial charge in [0.15, 0.2) is 0 Å². The number of hydrogen-bond acceptors (Lipinski definition) is 2. The van der Waals surface area contributed by atoms with Crippen LogP contribution in [0.15, 0.2) is 60.9 Å². The van der Waals surface area contributed by atoms with E-state index < -0.39 is 0 Å². The molecule has 3 rings (SSSR count). The first-order valence-corrected chi connectivity index (χ1v) is 8.03. The lowest BCUT2D eigenvalue weighted by molar-refractivity contribution is -0.120. The van der Waals surface area contributed by atoms with E-state index in [4.69, 9.17) is 0 Å². The molecule has 0 aliphatic carbocycles. The van der Waals surface area contributed by atoms with Gasteiger partial charge in [-0.25, -0.2) is 4.98 Å². The zero-order valence-corrected chi connectivity index (χ0v) is 14.0. The van der Waals surface area contributed by atoms with E-state index in [1.807, 2.05) is 73.1 Å². The molecule has 0 spiro atoms. The van der Waals surface area contributed by atoms with Gasteiger partial charge in [0.25, 0.3) is 0 Å². The normalized spacial score (nSPS) is 10.6. The van der Waals surface area contributed by atoms with Crippen molar-refractivity contribution in [3.8, 4) is 5.69 Å². The first kappa shape index (κ1) is 16.0. The third-order valence-electron chi connectivity index (χ3n) is 4.02. The lowest BCUT2D eigenvalue weighted by Gasteiger charge is -2.08. The summed E-state index contributed by atoms with van der Waals surface area (Å²) in [6.45, 7) is 4.55. The Hall–Kier alpha value is -2.88. The summed E-state index contributed by atoms with van der Waals surface area (Å²) in [5.41, 5.74) is 4.38. The van der Waals surface area contributed by atoms with Crippen molar-refractivity contribution in [2.45, 2.75) is 26.8 Å². The van der Waals surface area contributed by atoms with Gasteiger partial charge in [0.1, 0.15) is 5.82 Å². The highest BCUT2D eigenvalue weighted by Crippen LogP contribution is 2.12. The molecule has 0 saturated carbocycles. The number of amides is 1. The van der Waals surface area contributed by atoms with E-state index in [1.54, 1.807) is 6.20 Å². The monoisotopic (exact) mass is 319 g/mol. The minimum Gasteiger partial charge on any atom is -0.352 e. The summed E-state index contributed by atoms with van der Waals surface area (Å²) < 4.78 is 2.03. The quantitative estimate of drug-likeness (QED) is 0.784. The first-order chi connectivity index (χ1) is 11.6. The number of aryl methyl sites for hydroxylation is 2. The highest BCUT2D eigenvalue weighted by molar-refractivity contribution is 5.78. The van der Waals surface area contributed by atoms with Crippen molar-refractivity contribution in [1.82, 2.24) is 14.9 Å². The number of carbonyl (C=O) groups is 1. The van der Waals surface area contributed by atoms with Crippen molar-refractivity contribution >= 4 is 5.91 Å². The van der Waals surface area contributed by atoms with Crippen LogP contribution < -0.4 is 5.32 Å². The van der Waals surface area contributed by atoms with Gasteiger partial charge in [-0.05, 0) is 37.1 Å². The molecule has 1 aromatic heterocycles. The van der Waals surface area contributed by atoms with Gasteiger partial charge in [-0.2, -0.15) is 0 Å². The van der Waals surface area contributed by atoms with Crippen LogP contribution >= 0.6 is 0 Å². The Bertz CT molecular complexity index is 817. The van der Waals surface area contributed by atoms with Crippen molar-refractivity contribution in [3.05, 3.63) is 83.4 Å². The second kappa shape index (κ2) is 7.13. The summed E-state index contributed by atoms with van der Waals surface area (Å²) in [7, 11) is 0. The minimum atomic E-state index is 0.0355. The molecular formula is C20H21N3O. The Morgan fingerprint density at radius 3 is 2.29 bits per heavy atom. The van der Waals surface area contributed by atoms with Gasteiger partial charge in [0.2, 0.25) is 5.91 Å². The molecule has 122 valence electrons. The Balaban J connectivity index is 1.55. The Morgan fingerprint density at radius 1 is 1.00 bits per heavy atom. The van der Waals surface area contributed by atoms with Crippen LogP contribution in [0.2, 0.25) is 0 Å². The van der Waals surface area contributed by atoms with Crippen molar-refractivity contribution in [2.75, 3.05) is 0 Å². The molecule has 0 fully saturated rings. The molecule has 0 bridgehead atoms. The van der Waals surface area contributed by atoms with Gasteiger partial charge in [-0.3, -0.25) is 4.79 Å². The Labute approximate surface area is 142 Å². The SMILES string of the molecule is Cc1ccc(CC(=O)NCc2ccc(-n3ccnc3C)cc2)cc1. The van der Waals surface area contributed by atoms with E-state index in [1.165, 1.54) is 5.56 Å². The molecule has 0 aliphatic rings. The lowest BCUT2D eigenvalue weighted by Crippen LogP contribution is -2.24. The highest BCUT2D eigenvalue weighted by Gasteiger charge is 2.04. The van der Waals surface area contributed by atoms with Crippen LogP contribution in [0.4, 0.5) is 0 Å². The molecular weight excluding hydrogens is 298 g/mol. The largest absolute Gasteiger partial charge is 0.352 e. The van der Waals surface area contributed by atoms with Crippen molar-refractivity contribution in [3.63, 3.8) is 0 Å². The highest BCUT2D eigenvalue weighted by atomic mass is 16.1. The summed E-state index contributed by atoms with van der Waals surface area (Å²) in [5.74, 6) is 0.988. The van der Waals surface area contributed by atoms with Gasteiger partial charge >= 0.3 is 0 Å². The Kier molecular flexibility index (Phi) is 4.75. The van der Waals surface area contributed by atoms with Crippen LogP contribution in [-0.4, -0.2) is 15.5 Å². The lowest BCUT2D eigenvalue weighted by atomic mass is 10.1. The molecule has 1 amide bonds. The smallest absolute Gasteiger partial charge is 0.224 e. The number of imidazole rings is 1. The zero-order valence-electron chi connectivity index (χ0n) is 14.0. The van der Waals surface area contributed by atoms with Crippen LogP contribution in [-0.2, 0) is 17.8 Å². The second-order valence-electron chi connectivity index (χ2n) is 5.95. The molecule has 4 heteroatoms. The van der Waals surface area contributed by atoms with E-state index in [9.17, 15) is 4.79 Å². The fourth-order valence-corrected chi connectivity index (χ4v) is 2.58. The van der Waals surface area contributed by atoms with E-state index in [-0.39, 0.29) is 5.91 Å². The fraction of sp³-hybridized carbons (Fsp3) is 0.200. The summed E-state index contributed by atoms with van der Waals surface area (Å²) >= 11 is 0. The molecule has 0 atom stereocenters. The number of nitrogens with one attached hydrogen (secondary N) is 1. The second-order valence-corrected chi connectivity index (χ2v) is 5.95. The van der Waals surface area contributed by atoms with E-state index >= 15 is 0 Å². The Morgan fingerprint density at radius 2 is 1.67 bits per heavy atom. The van der Waals surface area contributed by atoms with Crippen molar-refractivity contribution in [1.29, 1.82) is 0 Å². The van der Waals surface area contributed by atoms with Crippen molar-refractivity contribution in [2.24, 2.45) is 0 Å². The van der Waals surface area contributed by atoms with E-state index in [0.29, 0.717) is 13.0 Å². The molecule has 1 N–H and O–H groups in total. The average molecular weight is 319 g/mol. The summed E-state index contributed by atoms with van der Waals surface area (Å²) in [6.07, 6.45) is 4.13. The molecule has 0 unspecified atom stereocenters. The van der Waals surface area contributed by atoms with Crippen LogP contribution in [0.3, 0.4) is 0 Å². The maximum atomic E-state index is 12.0. The van der Waals surface area contributed by atoms with Crippen LogP contribution in [0.5, 0.6) is 0 Å². The average Bonchev–Trinajstić information content (AvgIpc) is 3.02. The van der Waals surface area contributed by atoms with Gasteiger partial charge in [0, 0.05) is 24.6 Å². The van der Waals surface area contributed by atoms with Crippen molar-refractivity contribution < 1.29 is 4.79 Å². The summed E-state index contributed by atoms with van der Waals surface area (Å²) in [4.78, 5) is 16.3. The summed E-state index contributed by atoms with van der Waals surface area (Å²) in [6, 6.07) is 16.2. The number of aromatic nitrogens is 2. The molecule has 2 aromatic carbocycles. The number of hydrogen-bond donors (Lipinski definition) is 1. The van der Waals surface area contributed by atoms with Gasteiger partial charge in [-0.1, -0.05) is 42.0 Å². The number of rotatable bonds is 5. The molecule has 0 aliphatic heterocycles. The van der Waals surface area contributed by atoms with Crippen LogP contribution in [0.25, 0.3) is 5.69 Å². The van der Waals surface area contributed by atoms with Crippen LogP contribution in [0, 0.1) is 13.8 Å². The third-order valence-corrected chi connectivity index (χ3v) is 4.02. The van der Waals surface area contributed by atoms with Gasteiger partial charge < -0.3 is 9.88 Å². The number of benzene rings is 2. The fourth-order valence-electron chi connectivity index (χ4n) is 2.58. The van der Waals surface area contributed by atoms with E-state index in [2.05, 4.69) is 10.3 Å². The molecule has 0 saturated heterocycles. The maximum Gasteiger partial charge on any atom is 0.224 e.